The van der Waals surface area contributed by atoms with Crippen LogP contribution in [0, 0.1) is 0 Å². The first-order valence-corrected chi connectivity index (χ1v) is 10.2. The lowest BCUT2D eigenvalue weighted by atomic mass is 9.84. The molecule has 1 atom stereocenters. The van der Waals surface area contributed by atoms with Gasteiger partial charge in [0.2, 0.25) is 5.91 Å². The molecular formula is C23H30N4O. The predicted octanol–water partition coefficient (Wildman–Crippen LogP) is 2.45. The zero-order valence-electron chi connectivity index (χ0n) is 16.9. The van der Waals surface area contributed by atoms with Gasteiger partial charge in [0.15, 0.2) is 0 Å². The summed E-state index contributed by atoms with van der Waals surface area (Å²) in [6.07, 6.45) is 0. The van der Waals surface area contributed by atoms with Gasteiger partial charge in [0, 0.05) is 50.9 Å². The number of benzene rings is 2. The maximum absolute atomic E-state index is 12.7. The molecule has 2 aromatic rings. The molecule has 2 aliphatic heterocycles. The Bertz CT molecular complexity index is 815. The van der Waals surface area contributed by atoms with Crippen LogP contribution in [-0.4, -0.2) is 74.0 Å². The molecule has 1 N–H and O–H groups in total. The Hall–Kier alpha value is -2.21. The maximum Gasteiger partial charge on any atom is 0.238 e. The maximum atomic E-state index is 12.7. The van der Waals surface area contributed by atoms with E-state index in [1.54, 1.807) is 0 Å². The molecule has 0 aliphatic carbocycles. The van der Waals surface area contributed by atoms with Crippen LogP contribution < -0.4 is 5.32 Å². The molecule has 5 heteroatoms. The van der Waals surface area contributed by atoms with Crippen molar-refractivity contribution < 1.29 is 4.79 Å². The molecule has 0 radical (unpaired) electrons. The molecule has 2 aromatic carbocycles. The number of anilines is 1. The van der Waals surface area contributed by atoms with Crippen molar-refractivity contribution in [3.8, 4) is 0 Å². The number of piperazine rings is 1. The molecule has 148 valence electrons. The SMILES string of the molecule is CN1CCN(CC(=O)Nc2cccc3c2CN(C)CC3c2ccccc2)CC1. The quantitative estimate of drug-likeness (QED) is 0.887. The molecule has 4 rings (SSSR count). The van der Waals surface area contributed by atoms with Gasteiger partial charge in [0.05, 0.1) is 6.54 Å². The van der Waals surface area contributed by atoms with E-state index in [1.165, 1.54) is 16.7 Å². The summed E-state index contributed by atoms with van der Waals surface area (Å²) in [5, 5.41) is 3.20. The van der Waals surface area contributed by atoms with Crippen molar-refractivity contribution in [2.24, 2.45) is 0 Å². The predicted molar refractivity (Wildman–Crippen MR) is 114 cm³/mol. The number of fused-ring (bicyclic) bond motifs is 1. The van der Waals surface area contributed by atoms with Crippen molar-refractivity contribution in [1.29, 1.82) is 0 Å². The highest BCUT2D eigenvalue weighted by molar-refractivity contribution is 5.93. The third kappa shape index (κ3) is 4.27. The van der Waals surface area contributed by atoms with Crippen LogP contribution >= 0.6 is 0 Å². The van der Waals surface area contributed by atoms with Gasteiger partial charge in [-0.1, -0.05) is 42.5 Å². The van der Waals surface area contributed by atoms with E-state index in [9.17, 15) is 4.79 Å². The van der Waals surface area contributed by atoms with E-state index < -0.39 is 0 Å². The fourth-order valence-corrected chi connectivity index (χ4v) is 4.34. The summed E-state index contributed by atoms with van der Waals surface area (Å²) in [5.41, 5.74) is 4.87. The van der Waals surface area contributed by atoms with Crippen LogP contribution in [0.5, 0.6) is 0 Å². The van der Waals surface area contributed by atoms with E-state index in [1.807, 2.05) is 6.07 Å². The number of nitrogens with zero attached hydrogens (tertiary/aromatic N) is 3. The summed E-state index contributed by atoms with van der Waals surface area (Å²) in [6, 6.07) is 17.0. The van der Waals surface area contributed by atoms with Gasteiger partial charge in [0.1, 0.15) is 0 Å². The molecule has 0 spiro atoms. The van der Waals surface area contributed by atoms with Crippen LogP contribution in [0.4, 0.5) is 5.69 Å². The van der Waals surface area contributed by atoms with Crippen molar-refractivity contribution >= 4 is 11.6 Å². The number of nitrogens with one attached hydrogen (secondary N) is 1. The van der Waals surface area contributed by atoms with Crippen LogP contribution in [-0.2, 0) is 11.3 Å². The summed E-state index contributed by atoms with van der Waals surface area (Å²) >= 11 is 0. The first-order chi connectivity index (χ1) is 13.6. The Kier molecular flexibility index (Phi) is 5.76. The largest absolute Gasteiger partial charge is 0.325 e. The molecular weight excluding hydrogens is 348 g/mol. The standard InChI is InChI=1S/C23H30N4O/c1-25-11-13-27(14-12-25)17-23(28)24-22-10-6-9-19-20(15-26(2)16-21(19)22)18-7-4-3-5-8-18/h3-10,20H,11-17H2,1-2H3,(H,24,28). The molecule has 1 unspecified atom stereocenters. The third-order valence-electron chi connectivity index (χ3n) is 5.95. The highest BCUT2D eigenvalue weighted by atomic mass is 16.2. The highest BCUT2D eigenvalue weighted by Gasteiger charge is 2.27. The number of carbonyl (C=O) groups excluding carboxylic acids is 1. The monoisotopic (exact) mass is 378 g/mol. The van der Waals surface area contributed by atoms with Crippen molar-refractivity contribution in [3.63, 3.8) is 0 Å². The minimum Gasteiger partial charge on any atom is -0.325 e. The number of likely N-dealkylation sites (N-methyl/N-ethyl adjacent to an activating group) is 2. The second-order valence-electron chi connectivity index (χ2n) is 8.16. The molecule has 1 saturated heterocycles. The summed E-state index contributed by atoms with van der Waals surface area (Å²) in [5.74, 6) is 0.423. The normalized spacial score (nSPS) is 21.3. The van der Waals surface area contributed by atoms with Gasteiger partial charge in [0.25, 0.3) is 0 Å². The minimum absolute atomic E-state index is 0.0856. The van der Waals surface area contributed by atoms with E-state index in [0.29, 0.717) is 12.5 Å². The van der Waals surface area contributed by atoms with Gasteiger partial charge in [-0.3, -0.25) is 9.69 Å². The average molecular weight is 379 g/mol. The molecule has 5 nitrogen and oxygen atoms in total. The van der Waals surface area contributed by atoms with E-state index in [2.05, 4.69) is 76.6 Å². The lowest BCUT2D eigenvalue weighted by molar-refractivity contribution is -0.117. The van der Waals surface area contributed by atoms with E-state index in [4.69, 9.17) is 0 Å². The number of hydrogen-bond donors (Lipinski definition) is 1. The summed E-state index contributed by atoms with van der Waals surface area (Å²) in [7, 11) is 4.29. The van der Waals surface area contributed by atoms with Crippen molar-refractivity contribution in [2.75, 3.05) is 58.7 Å². The van der Waals surface area contributed by atoms with Gasteiger partial charge in [-0.2, -0.15) is 0 Å². The van der Waals surface area contributed by atoms with E-state index in [0.717, 1.165) is 45.0 Å². The summed E-state index contributed by atoms with van der Waals surface area (Å²) in [4.78, 5) is 19.6. The summed E-state index contributed by atoms with van der Waals surface area (Å²) in [6.45, 7) is 6.29. The number of rotatable bonds is 4. The van der Waals surface area contributed by atoms with E-state index >= 15 is 0 Å². The molecule has 2 heterocycles. The van der Waals surface area contributed by atoms with Gasteiger partial charge in [-0.05, 0) is 36.9 Å². The van der Waals surface area contributed by atoms with Gasteiger partial charge in [-0.25, -0.2) is 0 Å². The molecule has 0 saturated carbocycles. The topological polar surface area (TPSA) is 38.8 Å². The third-order valence-corrected chi connectivity index (χ3v) is 5.95. The van der Waals surface area contributed by atoms with Crippen molar-refractivity contribution in [3.05, 3.63) is 65.2 Å². The molecule has 1 fully saturated rings. The zero-order valence-corrected chi connectivity index (χ0v) is 16.9. The van der Waals surface area contributed by atoms with Gasteiger partial charge >= 0.3 is 0 Å². The Morgan fingerprint density at radius 2 is 1.71 bits per heavy atom. The fourth-order valence-electron chi connectivity index (χ4n) is 4.34. The molecule has 2 aliphatic rings. The Morgan fingerprint density at radius 3 is 2.46 bits per heavy atom. The Morgan fingerprint density at radius 1 is 0.964 bits per heavy atom. The first kappa shape index (κ1) is 19.1. The number of amides is 1. The highest BCUT2D eigenvalue weighted by Crippen LogP contribution is 2.36. The first-order valence-electron chi connectivity index (χ1n) is 10.2. The molecule has 1 amide bonds. The number of carbonyl (C=O) groups is 1. The van der Waals surface area contributed by atoms with Crippen LogP contribution in [0.1, 0.15) is 22.6 Å². The van der Waals surface area contributed by atoms with Crippen LogP contribution in [0.3, 0.4) is 0 Å². The van der Waals surface area contributed by atoms with Crippen molar-refractivity contribution in [2.45, 2.75) is 12.5 Å². The molecule has 28 heavy (non-hydrogen) atoms. The van der Waals surface area contributed by atoms with E-state index in [-0.39, 0.29) is 5.91 Å². The van der Waals surface area contributed by atoms with Crippen molar-refractivity contribution in [1.82, 2.24) is 14.7 Å². The second-order valence-corrected chi connectivity index (χ2v) is 8.16. The van der Waals surface area contributed by atoms with Crippen LogP contribution in [0.2, 0.25) is 0 Å². The lowest BCUT2D eigenvalue weighted by Crippen LogP contribution is -2.47. The van der Waals surface area contributed by atoms with Crippen LogP contribution in [0.25, 0.3) is 0 Å². The fraction of sp³-hybridized carbons (Fsp3) is 0.435. The number of hydrogen-bond acceptors (Lipinski definition) is 4. The van der Waals surface area contributed by atoms with Gasteiger partial charge < -0.3 is 15.1 Å². The van der Waals surface area contributed by atoms with Crippen LogP contribution in [0.15, 0.2) is 48.5 Å². The summed E-state index contributed by atoms with van der Waals surface area (Å²) < 4.78 is 0. The lowest BCUT2D eigenvalue weighted by Gasteiger charge is -2.34. The van der Waals surface area contributed by atoms with Gasteiger partial charge in [-0.15, -0.1) is 0 Å². The molecule has 0 aromatic heterocycles. The zero-order chi connectivity index (χ0) is 19.5. The Balaban J connectivity index is 1.52. The molecule has 0 bridgehead atoms. The minimum atomic E-state index is 0.0856. The second kappa shape index (κ2) is 8.43. The average Bonchev–Trinajstić information content (AvgIpc) is 2.70. The Labute approximate surface area is 167 Å². The smallest absolute Gasteiger partial charge is 0.238 e.